The molecule has 0 saturated carbocycles. The predicted octanol–water partition coefficient (Wildman–Crippen LogP) is -0.233. The van der Waals surface area contributed by atoms with Crippen molar-refractivity contribution in [2.24, 2.45) is 5.73 Å². The average Bonchev–Trinajstić information content (AvgIpc) is 2.98. The zero-order valence-corrected chi connectivity index (χ0v) is 17.6. The minimum absolute atomic E-state index is 0.0539. The Kier molecular flexibility index (Phi) is 5.29. The quantitative estimate of drug-likeness (QED) is 0.258. The van der Waals surface area contributed by atoms with Gasteiger partial charge in [0.2, 0.25) is 11.8 Å². The van der Waals surface area contributed by atoms with Crippen LogP contribution in [0.3, 0.4) is 0 Å². The molecule has 4 rings (SSSR count). The molecule has 150 valence electrons. The van der Waals surface area contributed by atoms with E-state index < -0.39 is 11.9 Å². The number of anilines is 1. The van der Waals surface area contributed by atoms with Crippen LogP contribution < -0.4 is 21.7 Å². The minimum atomic E-state index is -0.596. The first-order valence-electron chi connectivity index (χ1n) is 9.24. The molecule has 0 aromatic heterocycles. The van der Waals surface area contributed by atoms with E-state index in [1.54, 1.807) is 11.0 Å². The molecule has 28 heavy (non-hydrogen) atoms. The van der Waals surface area contributed by atoms with Gasteiger partial charge in [0, 0.05) is 30.8 Å². The van der Waals surface area contributed by atoms with E-state index in [-0.39, 0.29) is 30.7 Å². The molecule has 3 aliphatic rings. The molecule has 4 atom stereocenters. The number of nitrogens with zero attached hydrogens (tertiary/aromatic N) is 2. The average molecular weight is 498 g/mol. The normalized spacial score (nSPS) is 31.0. The van der Waals surface area contributed by atoms with Gasteiger partial charge >= 0.3 is 0 Å². The third kappa shape index (κ3) is 3.49. The van der Waals surface area contributed by atoms with Gasteiger partial charge in [0.25, 0.3) is 5.91 Å². The summed E-state index contributed by atoms with van der Waals surface area (Å²) in [5, 5.41) is 9.07. The fourth-order valence-electron chi connectivity index (χ4n) is 3.94. The molecule has 3 aliphatic heterocycles. The lowest BCUT2D eigenvalue weighted by atomic mass is 10.0. The van der Waals surface area contributed by atoms with E-state index in [1.165, 1.54) is 0 Å². The maximum absolute atomic E-state index is 12.8. The number of carbonyl (C=O) groups is 3. The molecule has 0 bridgehead atoms. The Balaban J connectivity index is 1.51. The molecule has 1 aromatic rings. The molecule has 3 amide bonds. The summed E-state index contributed by atoms with van der Waals surface area (Å²) in [7, 11) is 1.96. The molecule has 4 unspecified atom stereocenters. The number of hydrogen-bond acceptors (Lipinski definition) is 7. The second kappa shape index (κ2) is 7.58. The minimum Gasteiger partial charge on any atom is -0.369 e. The number of nitrogens with two attached hydrogens (primary N) is 1. The smallest absolute Gasteiger partial charge is 0.255 e. The first kappa shape index (κ1) is 19.6. The number of fused-ring (bicyclic) bond motifs is 1. The summed E-state index contributed by atoms with van der Waals surface area (Å²) >= 11 is 2.39. The molecule has 3 heterocycles. The van der Waals surface area contributed by atoms with E-state index in [9.17, 15) is 14.4 Å². The molecule has 0 radical (unpaired) electrons. The van der Waals surface area contributed by atoms with E-state index in [1.807, 2.05) is 24.1 Å². The Hall–Kier alpha value is -1.76. The summed E-state index contributed by atoms with van der Waals surface area (Å²) in [6.07, 6.45) is 0.452. The highest BCUT2D eigenvalue weighted by Gasteiger charge is 2.39. The van der Waals surface area contributed by atoms with E-state index in [2.05, 4.69) is 38.5 Å². The van der Waals surface area contributed by atoms with Gasteiger partial charge in [-0.05, 0) is 37.2 Å². The standard InChI is InChI=1S/C18H23IN6O3/c1-24-15(12(19)7-21-18(24)20)22-10-2-3-11-9(6-10)8-25(17(11)28)13-4-5-14(26)23-16(13)27/h2-3,6,12-13,15,18,21-22H,4-5,7-8,20H2,1H3,(H,23,26,27). The Labute approximate surface area is 176 Å². The fourth-order valence-corrected chi connectivity index (χ4v) is 4.89. The van der Waals surface area contributed by atoms with Crippen molar-refractivity contribution in [2.45, 2.75) is 41.8 Å². The molecular weight excluding hydrogens is 475 g/mol. The van der Waals surface area contributed by atoms with Gasteiger partial charge in [-0.3, -0.25) is 29.9 Å². The van der Waals surface area contributed by atoms with Crippen LogP contribution in [0.5, 0.6) is 0 Å². The van der Waals surface area contributed by atoms with Crippen molar-refractivity contribution in [1.29, 1.82) is 0 Å². The first-order valence-corrected chi connectivity index (χ1v) is 10.5. The third-order valence-electron chi connectivity index (χ3n) is 5.58. The number of carbonyl (C=O) groups excluding carboxylic acids is 3. The van der Waals surface area contributed by atoms with Crippen LogP contribution in [-0.2, 0) is 16.1 Å². The van der Waals surface area contributed by atoms with Gasteiger partial charge in [0.15, 0.2) is 0 Å². The second-order valence-corrected chi connectivity index (χ2v) is 9.00. The summed E-state index contributed by atoms with van der Waals surface area (Å²) in [5.74, 6) is -0.841. The Morgan fingerprint density at radius 1 is 1.29 bits per heavy atom. The maximum atomic E-state index is 12.8. The first-order chi connectivity index (χ1) is 13.3. The summed E-state index contributed by atoms with van der Waals surface area (Å²) < 4.78 is 0.317. The lowest BCUT2D eigenvalue weighted by molar-refractivity contribution is -0.136. The number of imide groups is 1. The Morgan fingerprint density at radius 2 is 2.07 bits per heavy atom. The largest absolute Gasteiger partial charge is 0.369 e. The van der Waals surface area contributed by atoms with Crippen molar-refractivity contribution in [3.63, 3.8) is 0 Å². The molecular formula is C18H23IN6O3. The van der Waals surface area contributed by atoms with Gasteiger partial charge in [-0.2, -0.15) is 0 Å². The molecule has 0 aliphatic carbocycles. The third-order valence-corrected chi connectivity index (χ3v) is 6.70. The predicted molar refractivity (Wildman–Crippen MR) is 111 cm³/mol. The molecule has 5 N–H and O–H groups in total. The number of amides is 3. The highest BCUT2D eigenvalue weighted by molar-refractivity contribution is 14.1. The van der Waals surface area contributed by atoms with Crippen molar-refractivity contribution in [3.8, 4) is 0 Å². The molecule has 0 spiro atoms. The molecule has 10 heteroatoms. The van der Waals surface area contributed by atoms with Crippen LogP contribution in [0.1, 0.15) is 28.8 Å². The lowest BCUT2D eigenvalue weighted by Crippen LogP contribution is -2.65. The van der Waals surface area contributed by atoms with Gasteiger partial charge < -0.3 is 16.0 Å². The summed E-state index contributed by atoms with van der Waals surface area (Å²) in [4.78, 5) is 39.9. The van der Waals surface area contributed by atoms with E-state index in [4.69, 9.17) is 5.73 Å². The van der Waals surface area contributed by atoms with Gasteiger partial charge in [-0.1, -0.05) is 22.6 Å². The van der Waals surface area contributed by atoms with Crippen molar-refractivity contribution in [1.82, 2.24) is 20.4 Å². The van der Waals surface area contributed by atoms with Gasteiger partial charge in [0.05, 0.1) is 10.1 Å². The summed E-state index contributed by atoms with van der Waals surface area (Å²) in [5.41, 5.74) is 8.47. The van der Waals surface area contributed by atoms with E-state index in [0.717, 1.165) is 17.8 Å². The van der Waals surface area contributed by atoms with Crippen molar-refractivity contribution in [2.75, 3.05) is 18.9 Å². The monoisotopic (exact) mass is 498 g/mol. The van der Waals surface area contributed by atoms with Crippen LogP contribution in [0, 0.1) is 0 Å². The molecule has 2 saturated heterocycles. The number of hydrogen-bond donors (Lipinski definition) is 4. The maximum Gasteiger partial charge on any atom is 0.255 e. The van der Waals surface area contributed by atoms with Crippen LogP contribution in [0.15, 0.2) is 18.2 Å². The molecule has 2 fully saturated rings. The number of halogens is 1. The van der Waals surface area contributed by atoms with Crippen LogP contribution in [0.2, 0.25) is 0 Å². The molecule has 1 aromatic carbocycles. The van der Waals surface area contributed by atoms with Crippen molar-refractivity contribution in [3.05, 3.63) is 29.3 Å². The zero-order valence-electron chi connectivity index (χ0n) is 15.4. The van der Waals surface area contributed by atoms with E-state index in [0.29, 0.717) is 22.5 Å². The highest BCUT2D eigenvalue weighted by Crippen LogP contribution is 2.30. The number of rotatable bonds is 3. The number of nitrogens with one attached hydrogen (secondary N) is 3. The summed E-state index contributed by atoms with van der Waals surface area (Å²) in [6.45, 7) is 1.17. The molecule has 9 nitrogen and oxygen atoms in total. The number of piperidine rings is 1. The Bertz CT molecular complexity index is 834. The fraction of sp³-hybridized carbons (Fsp3) is 0.500. The highest BCUT2D eigenvalue weighted by atomic mass is 127. The van der Waals surface area contributed by atoms with Crippen LogP contribution in [0.4, 0.5) is 5.69 Å². The number of benzene rings is 1. The van der Waals surface area contributed by atoms with Gasteiger partial charge in [-0.25, -0.2) is 0 Å². The second-order valence-electron chi connectivity index (χ2n) is 7.40. The lowest BCUT2D eigenvalue weighted by Gasteiger charge is -2.42. The van der Waals surface area contributed by atoms with Crippen LogP contribution in [0.25, 0.3) is 0 Å². The summed E-state index contributed by atoms with van der Waals surface area (Å²) in [6, 6.07) is 5.05. The van der Waals surface area contributed by atoms with E-state index >= 15 is 0 Å². The SMILES string of the molecule is CN1C(N)NCC(I)C1Nc1ccc2c(c1)CN(C1CCC(=O)NC1=O)C2=O. The topological polar surface area (TPSA) is 120 Å². The van der Waals surface area contributed by atoms with Crippen molar-refractivity contribution >= 4 is 46.0 Å². The number of alkyl halides is 1. The van der Waals surface area contributed by atoms with Crippen LogP contribution in [-0.4, -0.2) is 63.5 Å². The van der Waals surface area contributed by atoms with Crippen LogP contribution >= 0.6 is 22.6 Å². The van der Waals surface area contributed by atoms with Gasteiger partial charge in [0.1, 0.15) is 12.3 Å². The van der Waals surface area contributed by atoms with Gasteiger partial charge in [-0.15, -0.1) is 0 Å². The zero-order chi connectivity index (χ0) is 20.0. The van der Waals surface area contributed by atoms with Crippen molar-refractivity contribution < 1.29 is 14.4 Å². The Morgan fingerprint density at radius 3 is 2.82 bits per heavy atom.